The molecule has 0 fully saturated rings. The minimum Gasteiger partial charge on any atom is -0.478 e. The molecule has 1 N–H and O–H groups in total. The molecule has 0 atom stereocenters. The number of rotatable bonds is 2. The van der Waals surface area contributed by atoms with E-state index >= 15 is 0 Å². The maximum atomic E-state index is 12.9. The average Bonchev–Trinajstić information content (AvgIpc) is 2.12. The topological polar surface area (TPSA) is 50.2 Å². The Hall–Kier alpha value is -1.44. The number of halogens is 6. The number of pyridine rings is 1. The van der Waals surface area contributed by atoms with Crippen molar-refractivity contribution in [2.45, 2.75) is 18.5 Å². The number of nitrogens with zero attached hydrogens (tertiary/aromatic N) is 1. The lowest BCUT2D eigenvalue weighted by Gasteiger charge is -2.15. The highest BCUT2D eigenvalue weighted by atomic mass is 35.5. The van der Waals surface area contributed by atoms with Crippen LogP contribution in [0.5, 0.6) is 0 Å². The van der Waals surface area contributed by atoms with Crippen LogP contribution in [0.25, 0.3) is 0 Å². The highest BCUT2D eigenvalue weighted by molar-refractivity contribution is 6.22. The smallest absolute Gasteiger partial charge is 0.433 e. The number of carboxylic acid groups (broad SMARTS) is 1. The predicted molar refractivity (Wildman–Crippen MR) is 50.7 cm³/mol. The van der Waals surface area contributed by atoms with Crippen LogP contribution >= 0.6 is 11.6 Å². The highest BCUT2D eigenvalue weighted by Gasteiger charge is 2.41. The molecule has 0 bridgehead atoms. The Morgan fingerprint density at radius 2 is 1.83 bits per heavy atom. The molecule has 9 heteroatoms. The molecule has 0 radical (unpaired) electrons. The van der Waals surface area contributed by atoms with E-state index in [0.29, 0.717) is 6.07 Å². The van der Waals surface area contributed by atoms with E-state index in [1.165, 1.54) is 0 Å². The monoisotopic (exact) mass is 289 g/mol. The molecule has 100 valence electrons. The van der Waals surface area contributed by atoms with E-state index in [2.05, 4.69) is 16.6 Å². The van der Waals surface area contributed by atoms with Gasteiger partial charge in [-0.3, -0.25) is 0 Å². The lowest BCUT2D eigenvalue weighted by Crippen LogP contribution is -2.20. The second-order valence-electron chi connectivity index (χ2n) is 3.35. The summed E-state index contributed by atoms with van der Waals surface area (Å²) in [5.74, 6) is -1.83. The third-order valence-corrected chi connectivity index (χ3v) is 2.17. The van der Waals surface area contributed by atoms with E-state index in [9.17, 15) is 26.7 Å². The number of alkyl halides is 6. The molecule has 0 aromatic carbocycles. The van der Waals surface area contributed by atoms with Crippen molar-refractivity contribution >= 4 is 17.6 Å². The molecule has 3 nitrogen and oxygen atoms in total. The van der Waals surface area contributed by atoms with Gasteiger partial charge < -0.3 is 5.11 Å². The first-order valence-corrected chi connectivity index (χ1v) is 4.71. The van der Waals surface area contributed by atoms with Crippen LogP contribution in [-0.2, 0) is 11.6 Å². The first-order chi connectivity index (χ1) is 7.94. The summed E-state index contributed by atoms with van der Waals surface area (Å²) in [7, 11) is 0. The largest absolute Gasteiger partial charge is 0.478 e. The SMILES string of the molecule is Cc1cc(C(F)(F)F)nc(C(F)(F)Cl)c1C(=O)O. The van der Waals surface area contributed by atoms with Gasteiger partial charge in [0.05, 0.1) is 5.56 Å². The van der Waals surface area contributed by atoms with Gasteiger partial charge in [0.25, 0.3) is 0 Å². The maximum Gasteiger partial charge on any atom is 0.433 e. The Kier molecular flexibility index (Phi) is 3.53. The van der Waals surface area contributed by atoms with Crippen molar-refractivity contribution in [1.29, 1.82) is 0 Å². The summed E-state index contributed by atoms with van der Waals surface area (Å²) >= 11 is 4.58. The summed E-state index contributed by atoms with van der Waals surface area (Å²) in [4.78, 5) is 13.3. The molecule has 0 aliphatic rings. The molecule has 1 aromatic rings. The first kappa shape index (κ1) is 14.6. The minimum atomic E-state index is -4.97. The van der Waals surface area contributed by atoms with E-state index in [-0.39, 0.29) is 0 Å². The van der Waals surface area contributed by atoms with Gasteiger partial charge in [-0.25, -0.2) is 9.78 Å². The molecule has 0 saturated heterocycles. The van der Waals surface area contributed by atoms with Gasteiger partial charge >= 0.3 is 17.5 Å². The zero-order valence-corrected chi connectivity index (χ0v) is 9.40. The van der Waals surface area contributed by atoms with Gasteiger partial charge in [-0.15, -0.1) is 0 Å². The van der Waals surface area contributed by atoms with Crippen molar-refractivity contribution in [3.8, 4) is 0 Å². The van der Waals surface area contributed by atoms with Crippen LogP contribution in [0.4, 0.5) is 22.0 Å². The zero-order chi connectivity index (χ0) is 14.3. The molecule has 18 heavy (non-hydrogen) atoms. The fraction of sp³-hybridized carbons (Fsp3) is 0.333. The Bertz CT molecular complexity index is 495. The summed E-state index contributed by atoms with van der Waals surface area (Å²) in [6.45, 7) is 0.951. The fourth-order valence-electron chi connectivity index (χ4n) is 1.29. The minimum absolute atomic E-state index is 0.371. The van der Waals surface area contributed by atoms with Gasteiger partial charge in [0.15, 0.2) is 0 Å². The standard InChI is InChI=1S/C9H5ClF5NO2/c1-3-2-4(9(13,14)15)16-6(8(10,11)12)5(3)7(17)18/h2H,1H3,(H,17,18). The van der Waals surface area contributed by atoms with Gasteiger partial charge in [0.2, 0.25) is 0 Å². The van der Waals surface area contributed by atoms with E-state index in [1.807, 2.05) is 0 Å². The van der Waals surface area contributed by atoms with Crippen LogP contribution in [0.1, 0.15) is 27.3 Å². The van der Waals surface area contributed by atoms with Crippen molar-refractivity contribution in [2.24, 2.45) is 0 Å². The summed E-state index contributed by atoms with van der Waals surface area (Å²) in [5, 5.41) is 4.38. The fourth-order valence-corrected chi connectivity index (χ4v) is 1.43. The molecule has 0 amide bonds. The molecule has 1 aromatic heterocycles. The Labute approximate surface area is 102 Å². The number of hydrogen-bond donors (Lipinski definition) is 1. The number of carbonyl (C=O) groups is 1. The van der Waals surface area contributed by atoms with Gasteiger partial charge in [0.1, 0.15) is 11.4 Å². The van der Waals surface area contributed by atoms with Gasteiger partial charge in [-0.05, 0) is 30.2 Å². The lowest BCUT2D eigenvalue weighted by molar-refractivity contribution is -0.141. The van der Waals surface area contributed by atoms with Crippen molar-refractivity contribution in [3.63, 3.8) is 0 Å². The molecule has 1 rings (SSSR count). The second-order valence-corrected chi connectivity index (χ2v) is 3.82. The van der Waals surface area contributed by atoms with Gasteiger partial charge in [0, 0.05) is 0 Å². The van der Waals surface area contributed by atoms with Crippen LogP contribution in [0.2, 0.25) is 0 Å². The van der Waals surface area contributed by atoms with Crippen molar-refractivity contribution in [3.05, 3.63) is 28.6 Å². The summed E-state index contributed by atoms with van der Waals surface area (Å²) in [6, 6.07) is 0.371. The highest BCUT2D eigenvalue weighted by Crippen LogP contribution is 2.37. The molecule has 0 unspecified atom stereocenters. The third-order valence-electron chi connectivity index (χ3n) is 1.99. The van der Waals surface area contributed by atoms with Crippen LogP contribution in [0.3, 0.4) is 0 Å². The maximum absolute atomic E-state index is 12.9. The predicted octanol–water partition coefficient (Wildman–Crippen LogP) is 3.40. The van der Waals surface area contributed by atoms with Crippen molar-refractivity contribution in [1.82, 2.24) is 4.98 Å². The van der Waals surface area contributed by atoms with Crippen LogP contribution in [0.15, 0.2) is 6.07 Å². The first-order valence-electron chi connectivity index (χ1n) is 4.34. The van der Waals surface area contributed by atoms with E-state index in [1.54, 1.807) is 0 Å². The van der Waals surface area contributed by atoms with Crippen LogP contribution in [-0.4, -0.2) is 16.1 Å². The summed E-state index contributed by atoms with van der Waals surface area (Å²) in [5.41, 5.74) is -4.78. The number of carboxylic acids is 1. The third kappa shape index (κ3) is 2.87. The Morgan fingerprint density at radius 3 is 2.17 bits per heavy atom. The zero-order valence-electron chi connectivity index (χ0n) is 8.65. The molecule has 1 heterocycles. The molecule has 0 aliphatic heterocycles. The number of aryl methyl sites for hydroxylation is 1. The van der Waals surface area contributed by atoms with Crippen molar-refractivity contribution in [2.75, 3.05) is 0 Å². The molecule has 0 aliphatic carbocycles. The number of hydrogen-bond acceptors (Lipinski definition) is 2. The number of aromatic carboxylic acids is 1. The normalized spacial score (nSPS) is 12.6. The molecule has 0 saturated carbocycles. The molecular formula is C9H5ClF5NO2. The quantitative estimate of drug-likeness (QED) is 0.670. The Balaban J connectivity index is 3.64. The summed E-state index contributed by atoms with van der Waals surface area (Å²) in [6.07, 6.45) is -4.97. The molecular weight excluding hydrogens is 285 g/mol. The Morgan fingerprint density at radius 1 is 1.33 bits per heavy atom. The van der Waals surface area contributed by atoms with E-state index < -0.39 is 40.0 Å². The molecule has 0 spiro atoms. The second kappa shape index (κ2) is 4.34. The lowest BCUT2D eigenvalue weighted by atomic mass is 10.1. The average molecular weight is 290 g/mol. The van der Waals surface area contributed by atoms with E-state index in [4.69, 9.17) is 5.11 Å². The van der Waals surface area contributed by atoms with E-state index in [0.717, 1.165) is 6.92 Å². The van der Waals surface area contributed by atoms with Crippen LogP contribution in [0, 0.1) is 6.92 Å². The van der Waals surface area contributed by atoms with Crippen molar-refractivity contribution < 1.29 is 31.9 Å². The van der Waals surface area contributed by atoms with Crippen LogP contribution < -0.4 is 0 Å². The summed E-state index contributed by atoms with van der Waals surface area (Å²) < 4.78 is 62.9. The van der Waals surface area contributed by atoms with Gasteiger partial charge in [-0.2, -0.15) is 22.0 Å². The number of aromatic nitrogens is 1. The van der Waals surface area contributed by atoms with Gasteiger partial charge in [-0.1, -0.05) is 0 Å².